The fourth-order valence-electron chi connectivity index (χ4n) is 3.37. The molecule has 1 N–H and O–H groups in total. The Morgan fingerprint density at radius 2 is 2.04 bits per heavy atom. The van der Waals surface area contributed by atoms with Crippen LogP contribution in [0.1, 0.15) is 43.0 Å². The summed E-state index contributed by atoms with van der Waals surface area (Å²) in [5.74, 6) is 1.03. The van der Waals surface area contributed by atoms with Gasteiger partial charge < -0.3 is 9.73 Å². The van der Waals surface area contributed by atoms with E-state index in [4.69, 9.17) is 4.42 Å². The summed E-state index contributed by atoms with van der Waals surface area (Å²) in [5.41, 5.74) is 1.17. The van der Waals surface area contributed by atoms with Gasteiger partial charge >= 0.3 is 0 Å². The highest BCUT2D eigenvalue weighted by Gasteiger charge is 2.24. The molecule has 1 atom stereocenters. The van der Waals surface area contributed by atoms with Gasteiger partial charge in [0.25, 0.3) is 0 Å². The third-order valence-electron chi connectivity index (χ3n) is 4.73. The van der Waals surface area contributed by atoms with Crippen molar-refractivity contribution < 1.29 is 9.21 Å². The van der Waals surface area contributed by atoms with Gasteiger partial charge in [0.1, 0.15) is 5.76 Å². The average molecular weight is 405 g/mol. The van der Waals surface area contributed by atoms with Crippen molar-refractivity contribution in [1.29, 1.82) is 0 Å². The van der Waals surface area contributed by atoms with Crippen LogP contribution in [0.3, 0.4) is 0 Å². The van der Waals surface area contributed by atoms with E-state index in [0.717, 1.165) is 29.7 Å². The van der Waals surface area contributed by atoms with Crippen molar-refractivity contribution in [2.45, 2.75) is 38.1 Å². The lowest BCUT2D eigenvalue weighted by Gasteiger charge is -2.33. The zero-order valence-electron chi connectivity index (χ0n) is 14.4. The first-order chi connectivity index (χ1) is 12.2. The van der Waals surface area contributed by atoms with E-state index < -0.39 is 0 Å². The van der Waals surface area contributed by atoms with E-state index in [1.165, 1.54) is 24.8 Å². The number of likely N-dealkylation sites (tertiary alicyclic amines) is 1. The van der Waals surface area contributed by atoms with E-state index in [1.54, 1.807) is 6.26 Å². The van der Waals surface area contributed by atoms with Crippen LogP contribution in [0.15, 0.2) is 51.6 Å². The summed E-state index contributed by atoms with van der Waals surface area (Å²) >= 11 is 3.47. The second-order valence-corrected chi connectivity index (χ2v) is 7.48. The predicted molar refractivity (Wildman–Crippen MR) is 102 cm³/mol. The lowest BCUT2D eigenvalue weighted by Crippen LogP contribution is -2.40. The van der Waals surface area contributed by atoms with Crippen LogP contribution < -0.4 is 5.32 Å². The number of hydrogen-bond donors (Lipinski definition) is 1. The Labute approximate surface area is 157 Å². The van der Waals surface area contributed by atoms with Gasteiger partial charge in [-0.25, -0.2) is 0 Å². The molecule has 2 heterocycles. The van der Waals surface area contributed by atoms with Gasteiger partial charge in [0, 0.05) is 17.4 Å². The first kappa shape index (κ1) is 18.2. The molecule has 4 nitrogen and oxygen atoms in total. The maximum Gasteiger partial charge on any atom is 0.220 e. The summed E-state index contributed by atoms with van der Waals surface area (Å²) in [4.78, 5) is 14.7. The van der Waals surface area contributed by atoms with Crippen LogP contribution in [0.5, 0.6) is 0 Å². The van der Waals surface area contributed by atoms with Gasteiger partial charge in [-0.1, -0.05) is 34.5 Å². The largest absolute Gasteiger partial charge is 0.468 e. The van der Waals surface area contributed by atoms with Crippen LogP contribution in [0, 0.1) is 0 Å². The molecule has 1 unspecified atom stereocenters. The molecule has 134 valence electrons. The second-order valence-electron chi connectivity index (χ2n) is 6.56. The Morgan fingerprint density at radius 1 is 1.20 bits per heavy atom. The summed E-state index contributed by atoms with van der Waals surface area (Å²) in [5, 5.41) is 3.10. The number of benzene rings is 1. The Hall–Kier alpha value is -1.59. The van der Waals surface area contributed by atoms with Crippen molar-refractivity contribution in [2.75, 3.05) is 19.6 Å². The topological polar surface area (TPSA) is 45.5 Å². The number of carbonyl (C=O) groups is 1. The minimum Gasteiger partial charge on any atom is -0.468 e. The molecule has 3 rings (SSSR count). The first-order valence-corrected chi connectivity index (χ1v) is 9.80. The Morgan fingerprint density at radius 3 is 2.76 bits per heavy atom. The Balaban J connectivity index is 1.52. The number of amides is 1. The van der Waals surface area contributed by atoms with Crippen LogP contribution in [0.2, 0.25) is 0 Å². The molecule has 1 fully saturated rings. The van der Waals surface area contributed by atoms with Crippen molar-refractivity contribution in [3.05, 3.63) is 58.5 Å². The fraction of sp³-hybridized carbons (Fsp3) is 0.450. The van der Waals surface area contributed by atoms with E-state index >= 15 is 0 Å². The zero-order valence-corrected chi connectivity index (χ0v) is 16.0. The molecule has 1 amide bonds. The highest BCUT2D eigenvalue weighted by atomic mass is 79.9. The molecule has 0 radical (unpaired) electrons. The number of hydrogen-bond acceptors (Lipinski definition) is 3. The molecule has 0 bridgehead atoms. The van der Waals surface area contributed by atoms with E-state index in [2.05, 4.69) is 38.3 Å². The molecule has 1 aliphatic rings. The SMILES string of the molecule is O=C(CCc1cccc(Br)c1)NCC(c1ccco1)N1CCCCC1. The van der Waals surface area contributed by atoms with Gasteiger partial charge in [-0.15, -0.1) is 0 Å². The molecule has 5 heteroatoms. The molecule has 2 aromatic rings. The number of aryl methyl sites for hydroxylation is 1. The molecule has 0 aliphatic carbocycles. The summed E-state index contributed by atoms with van der Waals surface area (Å²) in [6.45, 7) is 2.74. The maximum absolute atomic E-state index is 12.3. The van der Waals surface area contributed by atoms with Crippen LogP contribution in [-0.4, -0.2) is 30.4 Å². The standard InChI is InChI=1S/C20H25BrN2O2/c21-17-7-4-6-16(14-17)9-10-20(24)22-15-18(19-8-5-13-25-19)23-11-2-1-3-12-23/h4-8,13-14,18H,1-3,9-12,15H2,(H,22,24). The summed E-state index contributed by atoms with van der Waals surface area (Å²) in [6, 6.07) is 12.2. The predicted octanol–water partition coefficient (Wildman–Crippen LogP) is 4.32. The van der Waals surface area contributed by atoms with Gasteiger partial charge in [-0.2, -0.15) is 0 Å². The summed E-state index contributed by atoms with van der Waals surface area (Å²) < 4.78 is 6.67. The zero-order chi connectivity index (χ0) is 17.5. The van der Waals surface area contributed by atoms with Gasteiger partial charge in [0.05, 0.1) is 12.3 Å². The monoisotopic (exact) mass is 404 g/mol. The van der Waals surface area contributed by atoms with Crippen molar-refractivity contribution in [3.8, 4) is 0 Å². The smallest absolute Gasteiger partial charge is 0.220 e. The van der Waals surface area contributed by atoms with Gasteiger partial charge in [-0.05, 0) is 62.2 Å². The number of halogens is 1. The van der Waals surface area contributed by atoms with Crippen LogP contribution >= 0.6 is 15.9 Å². The number of piperidine rings is 1. The van der Waals surface area contributed by atoms with Crippen molar-refractivity contribution >= 4 is 21.8 Å². The normalized spacial score (nSPS) is 16.5. The van der Waals surface area contributed by atoms with Crippen LogP contribution in [0.4, 0.5) is 0 Å². The fourth-order valence-corrected chi connectivity index (χ4v) is 3.82. The number of nitrogens with one attached hydrogen (secondary N) is 1. The van der Waals surface area contributed by atoms with Crippen LogP contribution in [0.25, 0.3) is 0 Å². The second kappa shape index (κ2) is 9.20. The first-order valence-electron chi connectivity index (χ1n) is 9.01. The highest BCUT2D eigenvalue weighted by Crippen LogP contribution is 2.24. The Kier molecular flexibility index (Phi) is 6.70. The molecule has 1 aromatic carbocycles. The number of nitrogens with zero attached hydrogens (tertiary/aromatic N) is 1. The number of carbonyl (C=O) groups excluding carboxylic acids is 1. The highest BCUT2D eigenvalue weighted by molar-refractivity contribution is 9.10. The molecule has 0 spiro atoms. The van der Waals surface area contributed by atoms with Gasteiger partial charge in [0.2, 0.25) is 5.91 Å². The lowest BCUT2D eigenvalue weighted by atomic mass is 10.1. The van der Waals surface area contributed by atoms with Gasteiger partial charge in [-0.3, -0.25) is 9.69 Å². The number of furan rings is 1. The lowest BCUT2D eigenvalue weighted by molar-refractivity contribution is -0.121. The minimum absolute atomic E-state index is 0.0912. The number of rotatable bonds is 7. The van der Waals surface area contributed by atoms with Gasteiger partial charge in [0.15, 0.2) is 0 Å². The van der Waals surface area contributed by atoms with E-state index in [-0.39, 0.29) is 11.9 Å². The molecular weight excluding hydrogens is 380 g/mol. The van der Waals surface area contributed by atoms with Crippen molar-refractivity contribution in [2.24, 2.45) is 0 Å². The maximum atomic E-state index is 12.3. The third-order valence-corrected chi connectivity index (χ3v) is 5.22. The summed E-state index contributed by atoms with van der Waals surface area (Å²) in [7, 11) is 0. The quantitative estimate of drug-likeness (QED) is 0.747. The molecule has 1 aliphatic heterocycles. The molecule has 25 heavy (non-hydrogen) atoms. The van der Waals surface area contributed by atoms with E-state index in [9.17, 15) is 4.79 Å². The summed E-state index contributed by atoms with van der Waals surface area (Å²) in [6.07, 6.45) is 6.69. The van der Waals surface area contributed by atoms with E-state index in [0.29, 0.717) is 13.0 Å². The molecule has 1 saturated heterocycles. The van der Waals surface area contributed by atoms with Crippen LogP contribution in [-0.2, 0) is 11.2 Å². The molecule has 0 saturated carbocycles. The average Bonchev–Trinajstić information content (AvgIpc) is 3.15. The minimum atomic E-state index is 0.0912. The molecule has 1 aromatic heterocycles. The van der Waals surface area contributed by atoms with Crippen molar-refractivity contribution in [3.63, 3.8) is 0 Å². The molecular formula is C20H25BrN2O2. The Bertz CT molecular complexity index is 666. The third kappa shape index (κ3) is 5.44. The van der Waals surface area contributed by atoms with E-state index in [1.807, 2.05) is 24.3 Å². The van der Waals surface area contributed by atoms with Crippen molar-refractivity contribution in [1.82, 2.24) is 10.2 Å².